The molecule has 2 aliphatic heterocycles. The first-order chi connectivity index (χ1) is 46.7. The van der Waals surface area contributed by atoms with Crippen LogP contribution in [-0.2, 0) is 63.1 Å². The summed E-state index contributed by atoms with van der Waals surface area (Å²) in [7, 11) is 1.62. The molecule has 2 saturated carbocycles. The van der Waals surface area contributed by atoms with Crippen LogP contribution in [0.2, 0.25) is 0 Å². The van der Waals surface area contributed by atoms with E-state index in [1.807, 2.05) is 18.2 Å². The molecule has 0 radical (unpaired) electrons. The van der Waals surface area contributed by atoms with Crippen LogP contribution in [0.1, 0.15) is 104 Å². The molecule has 516 valence electrons. The predicted molar refractivity (Wildman–Crippen MR) is 355 cm³/mol. The summed E-state index contributed by atoms with van der Waals surface area (Å²) in [5, 5.41) is 39.5. The molecule has 4 aromatic rings. The van der Waals surface area contributed by atoms with Gasteiger partial charge in [0.2, 0.25) is 35.4 Å². The summed E-state index contributed by atoms with van der Waals surface area (Å²) in [5.74, 6) is -1.18. The number of unbranched alkanes of at least 4 members (excludes halogenated alkanes) is 1. The third kappa shape index (κ3) is 16.5. The van der Waals surface area contributed by atoms with Gasteiger partial charge in [-0.15, -0.1) is 0 Å². The van der Waals surface area contributed by atoms with Crippen molar-refractivity contribution < 1.29 is 66.8 Å². The molecule has 4 aromatic carbocycles. The summed E-state index contributed by atoms with van der Waals surface area (Å²) in [4.78, 5) is 122. The number of benzene rings is 4. The van der Waals surface area contributed by atoms with Crippen molar-refractivity contribution in [2.45, 2.75) is 121 Å². The Kier molecular flexibility index (Phi) is 22.2. The average Bonchev–Trinajstić information content (AvgIpc) is 1.46. The van der Waals surface area contributed by atoms with Crippen molar-refractivity contribution in [3.8, 4) is 17.2 Å². The molecule has 28 heteroatoms. The summed E-state index contributed by atoms with van der Waals surface area (Å²) in [5.41, 5.74) is 15.2. The van der Waals surface area contributed by atoms with Crippen molar-refractivity contribution in [2.75, 3.05) is 58.2 Å². The lowest BCUT2D eigenvalue weighted by Crippen LogP contribution is -2.56. The first-order valence-electron chi connectivity index (χ1n) is 32.9. The van der Waals surface area contributed by atoms with Gasteiger partial charge in [-0.2, -0.15) is 0 Å². The summed E-state index contributed by atoms with van der Waals surface area (Å²) in [6.45, 7) is 3.65. The number of nitrogens with two attached hydrogens (primary N) is 2. The Labute approximate surface area is 561 Å². The Morgan fingerprint density at radius 1 is 0.742 bits per heavy atom. The number of carbonyl (C=O) groups excluding carboxylic acids is 9. The number of carbonyl (C=O) groups is 9. The van der Waals surface area contributed by atoms with E-state index < -0.39 is 77.3 Å². The Hall–Kier alpha value is -10.4. The van der Waals surface area contributed by atoms with Gasteiger partial charge in [-0.1, -0.05) is 55.5 Å². The van der Waals surface area contributed by atoms with Crippen LogP contribution in [0.5, 0.6) is 17.2 Å². The van der Waals surface area contributed by atoms with E-state index in [2.05, 4.69) is 60.8 Å². The molecule has 97 heavy (non-hydrogen) atoms. The topological polar surface area (TPSA) is 411 Å². The summed E-state index contributed by atoms with van der Waals surface area (Å²) in [6.07, 6.45) is 4.23. The summed E-state index contributed by atoms with van der Waals surface area (Å²) >= 11 is 0. The van der Waals surface area contributed by atoms with Crippen molar-refractivity contribution in [1.29, 1.82) is 10.8 Å². The standard InChI is InChI=1S/C69H86N14O14/c1-39-56-49-23-25-53(59-69(49)38-68(39,56)34-45-18-24-52(93-3)58(97-59)57(45)69)96-67(92)83-31-26-44(33-47(83)35-79-62(89)50(13-9-28-77-64(70)71)81-55(86)36-78-40(2)84)60(87)75-27-8-7-12-51(82-66(91)94-37-42-10-5-4-6-11-42)61(88)76-30-29-74-54(85)32-41-14-21-48(22-15-41)95-63(90)43-16-19-46(20-17-43)80-65(72)73/h4-6,10-11,14-22,24-25,39,44,47,49-51,56,59H,7-9,12-13,23,26-38H2,1-3H3,(H,74,85)(H,75,87)(H,76,88)(H,78,84)(H,79,89)(H,81,86)(H,82,91)(H4,70,71,77)(H4,72,73,80)/t39?,44?,47?,49-,50+,51-,56-,59-,68?,69-/m0/s1. The number of rotatable bonds is 30. The highest BCUT2D eigenvalue weighted by molar-refractivity contribution is 5.94. The van der Waals surface area contributed by atoms with E-state index in [1.165, 1.54) is 29.5 Å². The third-order valence-corrected chi connectivity index (χ3v) is 19.5. The molecule has 15 N–H and O–H groups in total. The number of amides is 8. The van der Waals surface area contributed by atoms with Crippen LogP contribution in [0.3, 0.4) is 0 Å². The zero-order chi connectivity index (χ0) is 69.0. The van der Waals surface area contributed by atoms with Gasteiger partial charge in [-0.3, -0.25) is 39.6 Å². The van der Waals surface area contributed by atoms with Crippen LogP contribution in [0.4, 0.5) is 15.3 Å². The number of piperidine rings is 1. The van der Waals surface area contributed by atoms with Gasteiger partial charge in [0, 0.05) is 68.8 Å². The van der Waals surface area contributed by atoms with Crippen LogP contribution in [-0.4, -0.2) is 148 Å². The molecule has 10 atom stereocenters. The Bertz CT molecular complexity index is 3670. The number of allylic oxidation sites excluding steroid dienone is 1. The zero-order valence-corrected chi connectivity index (χ0v) is 54.6. The fraction of sp³-hybridized carbons (Fsp3) is 0.464. The predicted octanol–water partition coefficient (Wildman–Crippen LogP) is 3.61. The maximum atomic E-state index is 14.8. The van der Waals surface area contributed by atoms with E-state index in [4.69, 9.17) is 46.0 Å². The first-order valence-corrected chi connectivity index (χ1v) is 32.9. The number of esters is 1. The molecular weight excluding hydrogens is 1250 g/mol. The fourth-order valence-corrected chi connectivity index (χ4v) is 14.9. The van der Waals surface area contributed by atoms with E-state index >= 15 is 0 Å². The number of hydrogen-bond acceptors (Lipinski definition) is 16. The van der Waals surface area contributed by atoms with E-state index in [0.29, 0.717) is 71.9 Å². The zero-order valence-electron chi connectivity index (χ0n) is 54.6. The minimum Gasteiger partial charge on any atom is -0.493 e. The van der Waals surface area contributed by atoms with E-state index in [1.54, 1.807) is 67.8 Å². The smallest absolute Gasteiger partial charge is 0.415 e. The van der Waals surface area contributed by atoms with Crippen molar-refractivity contribution >= 4 is 71.2 Å². The second-order valence-corrected chi connectivity index (χ2v) is 25.7. The number of nitrogens with one attached hydrogen (secondary N) is 11. The second kappa shape index (κ2) is 31.0. The van der Waals surface area contributed by atoms with E-state index in [-0.39, 0.29) is 125 Å². The third-order valence-electron chi connectivity index (χ3n) is 19.5. The minimum absolute atomic E-state index is 0.00670. The molecule has 2 bridgehead atoms. The van der Waals surface area contributed by atoms with Crippen molar-refractivity contribution in [3.63, 3.8) is 0 Å². The number of ether oxygens (including phenoxy) is 5. The molecule has 3 fully saturated rings. The molecule has 0 aromatic heterocycles. The Morgan fingerprint density at radius 3 is 2.20 bits per heavy atom. The number of likely N-dealkylation sites (tertiary alicyclic amines) is 1. The van der Waals surface area contributed by atoms with Gasteiger partial charge >= 0.3 is 18.2 Å². The van der Waals surface area contributed by atoms with Gasteiger partial charge in [-0.05, 0) is 153 Å². The fourth-order valence-electron chi connectivity index (χ4n) is 14.9. The van der Waals surface area contributed by atoms with Crippen LogP contribution < -0.4 is 73.5 Å². The maximum absolute atomic E-state index is 14.8. The van der Waals surface area contributed by atoms with Crippen LogP contribution in [0.15, 0.2) is 103 Å². The number of nitrogens with zero attached hydrogens (tertiary/aromatic N) is 1. The number of anilines is 1. The van der Waals surface area contributed by atoms with Crippen LogP contribution >= 0.6 is 0 Å². The number of alkyl carbamates (subject to hydrolysis) is 1. The highest BCUT2D eigenvalue weighted by atomic mass is 16.6. The molecule has 8 amide bonds. The van der Waals surface area contributed by atoms with Crippen LogP contribution in [0, 0.1) is 39.9 Å². The quantitative estimate of drug-likeness (QED) is 0.0117. The Balaban J connectivity index is 0.740. The van der Waals surface area contributed by atoms with E-state index in [0.717, 1.165) is 24.0 Å². The maximum Gasteiger partial charge on any atom is 0.415 e. The lowest BCUT2D eigenvalue weighted by atomic mass is 9.58. The van der Waals surface area contributed by atoms with Gasteiger partial charge in [0.25, 0.3) is 0 Å². The van der Waals surface area contributed by atoms with Gasteiger partial charge in [0.15, 0.2) is 29.5 Å². The second-order valence-electron chi connectivity index (χ2n) is 25.7. The SMILES string of the molecule is COc1ccc2c3c1O[C@H]1C(OC(=O)N4CCC(C(=O)NCCCC[C@H](NC(=O)OCc5ccccc5)C(=O)NCCNC(=O)Cc5ccc(OC(=O)c6ccc(NC(=N)N)cc6)cc5)CC4CNC(=O)[C@@H](CCCNC(=N)N)NC(=O)CNC(C)=O)=CC[C@H]4[C@@H]5C(C)C5(C2)C[C@]314. The monoisotopic (exact) mass is 1330 g/mol. The minimum atomic E-state index is -1.09. The molecule has 6 aliphatic rings. The lowest BCUT2D eigenvalue weighted by molar-refractivity contribution is -0.130. The Morgan fingerprint density at radius 2 is 1.46 bits per heavy atom. The largest absolute Gasteiger partial charge is 0.493 e. The van der Waals surface area contributed by atoms with Crippen molar-refractivity contribution in [3.05, 3.63) is 131 Å². The van der Waals surface area contributed by atoms with Gasteiger partial charge < -0.3 is 87.9 Å². The molecule has 2 heterocycles. The molecular formula is C69H86N14O14. The molecule has 4 aliphatic carbocycles. The normalized spacial score (nSPS) is 22.3. The van der Waals surface area contributed by atoms with Gasteiger partial charge in [0.05, 0.1) is 31.7 Å². The highest BCUT2D eigenvalue weighted by Gasteiger charge is 2.81. The molecule has 10 rings (SSSR count). The number of guanidine groups is 2. The van der Waals surface area contributed by atoms with Crippen LogP contribution in [0.25, 0.3) is 0 Å². The van der Waals surface area contributed by atoms with Gasteiger partial charge in [0.1, 0.15) is 30.2 Å². The first kappa shape index (κ1) is 69.4. The number of fused-ring (bicyclic) bond motifs is 1. The van der Waals surface area contributed by atoms with Gasteiger partial charge in [-0.25, -0.2) is 14.4 Å². The summed E-state index contributed by atoms with van der Waals surface area (Å²) in [6, 6.07) is 22.9. The number of hydrogen-bond donors (Lipinski definition) is 13. The molecule has 28 nitrogen and oxygen atoms in total. The molecule has 2 spiro atoms. The highest BCUT2D eigenvalue weighted by Crippen LogP contribution is 2.83. The average molecular weight is 1340 g/mol. The summed E-state index contributed by atoms with van der Waals surface area (Å²) < 4.78 is 30.1. The van der Waals surface area contributed by atoms with Crippen molar-refractivity contribution in [1.82, 2.24) is 47.4 Å². The van der Waals surface area contributed by atoms with E-state index in [9.17, 15) is 43.2 Å². The number of methoxy groups -OCH3 is 1. The lowest BCUT2D eigenvalue weighted by Gasteiger charge is -2.45. The molecule has 4 unspecified atom stereocenters. The molecule has 1 saturated heterocycles. The van der Waals surface area contributed by atoms with Crippen molar-refractivity contribution in [2.24, 2.45) is 40.6 Å².